The zero-order valence-corrected chi connectivity index (χ0v) is 16.9. The third-order valence-corrected chi connectivity index (χ3v) is 6.19. The molecule has 4 rings (SSSR count). The highest BCUT2D eigenvalue weighted by Crippen LogP contribution is 2.17. The molecule has 0 aliphatic carbocycles. The summed E-state index contributed by atoms with van der Waals surface area (Å²) in [7, 11) is -3.48. The number of fused-ring (bicyclic) bond motifs is 1. The lowest BCUT2D eigenvalue weighted by Crippen LogP contribution is -2.37. The molecule has 0 bridgehead atoms. The van der Waals surface area contributed by atoms with E-state index in [1.807, 2.05) is 0 Å². The first-order chi connectivity index (χ1) is 14.3. The Bertz CT molecular complexity index is 1090. The predicted molar refractivity (Wildman–Crippen MR) is 106 cm³/mol. The molecule has 0 unspecified atom stereocenters. The fourth-order valence-electron chi connectivity index (χ4n) is 3.39. The van der Waals surface area contributed by atoms with E-state index in [0.29, 0.717) is 18.8 Å². The minimum absolute atomic E-state index is 0.145. The quantitative estimate of drug-likeness (QED) is 0.529. The van der Waals surface area contributed by atoms with Crippen molar-refractivity contribution < 1.29 is 27.5 Å². The molecule has 0 radical (unpaired) electrons. The average Bonchev–Trinajstić information content (AvgIpc) is 3.42. The van der Waals surface area contributed by atoms with Crippen molar-refractivity contribution in [2.24, 2.45) is 4.40 Å². The maximum atomic E-state index is 12.3. The Morgan fingerprint density at radius 2 is 1.90 bits per heavy atom. The molecule has 0 atom stereocenters. The maximum absolute atomic E-state index is 12.3. The number of amides is 1. The molecule has 10 nitrogen and oxygen atoms in total. The number of carbonyl (C=O) groups excluding carboxylic acids is 3. The Balaban J connectivity index is 1.34. The fraction of sp³-hybridized carbons (Fsp3) is 0.368. The lowest BCUT2D eigenvalue weighted by Gasteiger charge is -2.26. The number of rotatable bonds is 5. The van der Waals surface area contributed by atoms with Crippen molar-refractivity contribution >= 4 is 33.5 Å². The predicted octanol–water partition coefficient (Wildman–Crippen LogP) is 0.474. The molecule has 3 aliphatic heterocycles. The standard InChI is InChI=1S/C19H20N4O6S/c24-16(14-9-15(20-10-14)18(25)22-5-1-2-6-22)12-29-19(26)13-3-4-17-21-30(27,28)8-7-23(17)11-13/h3-4,9-11,20H,1-2,5-8,12H2. The molecule has 3 aliphatic rings. The second kappa shape index (κ2) is 7.90. The second-order valence-electron chi connectivity index (χ2n) is 7.15. The van der Waals surface area contributed by atoms with E-state index in [0.717, 1.165) is 12.8 Å². The average molecular weight is 432 g/mol. The zero-order valence-electron chi connectivity index (χ0n) is 16.0. The Morgan fingerprint density at radius 1 is 1.13 bits per heavy atom. The summed E-state index contributed by atoms with van der Waals surface area (Å²) in [4.78, 5) is 43.0. The van der Waals surface area contributed by atoms with Crippen LogP contribution < -0.4 is 0 Å². The number of H-pyrrole nitrogens is 1. The lowest BCUT2D eigenvalue weighted by atomic mass is 10.2. The van der Waals surface area contributed by atoms with E-state index in [1.54, 1.807) is 9.80 Å². The van der Waals surface area contributed by atoms with Crippen LogP contribution in [0, 0.1) is 0 Å². The number of carbonyl (C=O) groups is 3. The van der Waals surface area contributed by atoms with E-state index >= 15 is 0 Å². The van der Waals surface area contributed by atoms with E-state index < -0.39 is 28.4 Å². The van der Waals surface area contributed by atoms with Gasteiger partial charge in [0.15, 0.2) is 6.61 Å². The number of hydrogen-bond donors (Lipinski definition) is 1. The first-order valence-electron chi connectivity index (χ1n) is 9.50. The van der Waals surface area contributed by atoms with Crippen LogP contribution in [-0.2, 0) is 19.6 Å². The number of nitrogens with zero attached hydrogens (tertiary/aromatic N) is 3. The second-order valence-corrected chi connectivity index (χ2v) is 8.90. The van der Waals surface area contributed by atoms with Gasteiger partial charge in [-0.3, -0.25) is 9.59 Å². The van der Waals surface area contributed by atoms with Crippen LogP contribution in [-0.4, -0.2) is 78.7 Å². The molecule has 1 saturated heterocycles. The molecule has 30 heavy (non-hydrogen) atoms. The SMILES string of the molecule is O=C(OCC(=O)c1c[nH]c(C(=O)N2CCCC2)c1)C1=CN2CCS(=O)(=O)N=C2C=C1. The van der Waals surface area contributed by atoms with Gasteiger partial charge in [-0.2, -0.15) is 0 Å². The van der Waals surface area contributed by atoms with E-state index in [2.05, 4.69) is 9.38 Å². The van der Waals surface area contributed by atoms with Gasteiger partial charge in [0.2, 0.25) is 5.78 Å². The molecule has 0 spiro atoms. The number of ether oxygens (including phenoxy) is 1. The molecular formula is C19H20N4O6S. The van der Waals surface area contributed by atoms with Crippen molar-refractivity contribution in [3.05, 3.63) is 47.4 Å². The van der Waals surface area contributed by atoms with Crippen LogP contribution in [0.15, 0.2) is 40.6 Å². The van der Waals surface area contributed by atoms with Crippen LogP contribution in [0.3, 0.4) is 0 Å². The maximum Gasteiger partial charge on any atom is 0.340 e. The first-order valence-corrected chi connectivity index (χ1v) is 11.1. The molecule has 1 amide bonds. The van der Waals surface area contributed by atoms with Crippen LogP contribution in [0.4, 0.5) is 0 Å². The van der Waals surface area contributed by atoms with Gasteiger partial charge in [0.05, 0.1) is 11.3 Å². The van der Waals surface area contributed by atoms with Gasteiger partial charge in [-0.05, 0) is 31.1 Å². The molecule has 1 aromatic rings. The monoisotopic (exact) mass is 432 g/mol. The highest BCUT2D eigenvalue weighted by atomic mass is 32.2. The molecule has 1 aromatic heterocycles. The van der Waals surface area contributed by atoms with Gasteiger partial charge in [-0.25, -0.2) is 13.2 Å². The van der Waals surface area contributed by atoms with Crippen molar-refractivity contribution in [2.75, 3.05) is 32.0 Å². The summed E-state index contributed by atoms with van der Waals surface area (Å²) in [6, 6.07) is 1.47. The van der Waals surface area contributed by atoms with Crippen molar-refractivity contribution in [3.63, 3.8) is 0 Å². The molecule has 158 valence electrons. The van der Waals surface area contributed by atoms with Gasteiger partial charge in [-0.1, -0.05) is 0 Å². The number of amidine groups is 1. The highest BCUT2D eigenvalue weighted by Gasteiger charge is 2.26. The summed E-state index contributed by atoms with van der Waals surface area (Å²) in [5.41, 5.74) is 0.769. The number of aromatic nitrogens is 1. The lowest BCUT2D eigenvalue weighted by molar-refractivity contribution is -0.137. The summed E-state index contributed by atoms with van der Waals surface area (Å²) in [6.45, 7) is 1.11. The number of ketones is 1. The number of sulfonamides is 1. The van der Waals surface area contributed by atoms with Crippen LogP contribution >= 0.6 is 0 Å². The number of hydrogen-bond acceptors (Lipinski definition) is 7. The Morgan fingerprint density at radius 3 is 2.67 bits per heavy atom. The van der Waals surface area contributed by atoms with Crippen LogP contribution in [0.25, 0.3) is 0 Å². The Labute approximate surface area is 172 Å². The minimum atomic E-state index is -3.48. The minimum Gasteiger partial charge on any atom is -0.454 e. The van der Waals surface area contributed by atoms with E-state index in [1.165, 1.54) is 30.6 Å². The van der Waals surface area contributed by atoms with Gasteiger partial charge < -0.3 is 19.5 Å². The normalized spacial score (nSPS) is 19.7. The summed E-state index contributed by atoms with van der Waals surface area (Å²) in [5, 5.41) is 0. The summed E-state index contributed by atoms with van der Waals surface area (Å²) < 4.78 is 31.8. The molecule has 1 fully saturated rings. The molecule has 1 N–H and O–H groups in total. The highest BCUT2D eigenvalue weighted by molar-refractivity contribution is 7.90. The van der Waals surface area contributed by atoms with Crippen molar-refractivity contribution in [1.82, 2.24) is 14.8 Å². The number of aromatic amines is 1. The third kappa shape index (κ3) is 4.20. The van der Waals surface area contributed by atoms with Gasteiger partial charge in [0.1, 0.15) is 11.5 Å². The molecular weight excluding hydrogens is 412 g/mol. The molecule has 0 saturated carbocycles. The number of esters is 1. The number of nitrogens with one attached hydrogen (secondary N) is 1. The Kier molecular flexibility index (Phi) is 5.29. The van der Waals surface area contributed by atoms with Crippen LogP contribution in [0.5, 0.6) is 0 Å². The van der Waals surface area contributed by atoms with Crippen molar-refractivity contribution in [3.8, 4) is 0 Å². The van der Waals surface area contributed by atoms with Crippen molar-refractivity contribution in [1.29, 1.82) is 0 Å². The van der Waals surface area contributed by atoms with Crippen LogP contribution in [0.2, 0.25) is 0 Å². The van der Waals surface area contributed by atoms with Gasteiger partial charge in [-0.15, -0.1) is 4.40 Å². The van der Waals surface area contributed by atoms with Gasteiger partial charge in [0.25, 0.3) is 15.9 Å². The smallest absolute Gasteiger partial charge is 0.340 e. The topological polar surface area (TPSA) is 129 Å². The Hall–Kier alpha value is -3.21. The molecule has 0 aromatic carbocycles. The third-order valence-electron chi connectivity index (χ3n) is 5.02. The zero-order chi connectivity index (χ0) is 21.3. The molecule has 4 heterocycles. The van der Waals surface area contributed by atoms with E-state index in [-0.39, 0.29) is 35.2 Å². The van der Waals surface area contributed by atoms with Crippen LogP contribution in [0.1, 0.15) is 33.7 Å². The summed E-state index contributed by atoms with van der Waals surface area (Å²) in [5.74, 6) is -1.21. The van der Waals surface area contributed by atoms with Crippen molar-refractivity contribution in [2.45, 2.75) is 12.8 Å². The van der Waals surface area contributed by atoms with Gasteiger partial charge in [0, 0.05) is 37.6 Å². The van der Waals surface area contributed by atoms with Gasteiger partial charge >= 0.3 is 5.97 Å². The summed E-state index contributed by atoms with van der Waals surface area (Å²) in [6.07, 6.45) is 7.63. The fourth-order valence-corrected chi connectivity index (χ4v) is 4.36. The number of Topliss-reactive ketones (excluding diaryl/α,β-unsaturated/α-hetero) is 1. The number of likely N-dealkylation sites (tertiary alicyclic amines) is 1. The largest absolute Gasteiger partial charge is 0.454 e. The van der Waals surface area contributed by atoms with E-state index in [4.69, 9.17) is 4.74 Å². The molecule has 11 heteroatoms. The first kappa shape index (κ1) is 20.1. The summed E-state index contributed by atoms with van der Waals surface area (Å²) >= 11 is 0. The van der Waals surface area contributed by atoms with E-state index in [9.17, 15) is 22.8 Å².